The second kappa shape index (κ2) is 10.3. The smallest absolute Gasteiger partial charge is 0.410 e. The molecular weight excluding hydrogens is 483 g/mol. The SMILES string of the molecule is COC(=O)c1csc(COC(=O)N2CCC3(CC2)CC(Oc2cccc(-c4ccc(F)cc4)c2)C3)n1. The number of hydrogen-bond donors (Lipinski definition) is 0. The number of rotatable bonds is 6. The van der Waals surface area contributed by atoms with Crippen molar-refractivity contribution in [3.63, 3.8) is 0 Å². The minimum Gasteiger partial charge on any atom is -0.490 e. The summed E-state index contributed by atoms with van der Waals surface area (Å²) in [5.41, 5.74) is 2.37. The average molecular weight is 511 g/mol. The van der Waals surface area contributed by atoms with Crippen LogP contribution in [0.3, 0.4) is 0 Å². The lowest BCUT2D eigenvalue weighted by Gasteiger charge is -2.51. The highest BCUT2D eigenvalue weighted by molar-refractivity contribution is 7.09. The number of aromatic nitrogens is 1. The van der Waals surface area contributed by atoms with E-state index in [9.17, 15) is 14.0 Å². The van der Waals surface area contributed by atoms with Crippen LogP contribution < -0.4 is 4.74 Å². The van der Waals surface area contributed by atoms with Crippen LogP contribution in [-0.2, 0) is 16.1 Å². The summed E-state index contributed by atoms with van der Waals surface area (Å²) in [6.07, 6.45) is 3.56. The number of likely N-dealkylation sites (tertiary alicyclic amines) is 1. The van der Waals surface area contributed by atoms with Crippen molar-refractivity contribution >= 4 is 23.4 Å². The van der Waals surface area contributed by atoms with Crippen LogP contribution in [0.15, 0.2) is 53.9 Å². The van der Waals surface area contributed by atoms with E-state index < -0.39 is 5.97 Å². The summed E-state index contributed by atoms with van der Waals surface area (Å²) in [7, 11) is 1.30. The summed E-state index contributed by atoms with van der Waals surface area (Å²) < 4.78 is 29.5. The van der Waals surface area contributed by atoms with Crippen molar-refractivity contribution in [3.05, 3.63) is 70.4 Å². The van der Waals surface area contributed by atoms with E-state index in [4.69, 9.17) is 9.47 Å². The largest absolute Gasteiger partial charge is 0.490 e. The summed E-state index contributed by atoms with van der Waals surface area (Å²) in [4.78, 5) is 29.9. The molecule has 0 unspecified atom stereocenters. The number of benzene rings is 2. The molecule has 2 heterocycles. The Kier molecular flexibility index (Phi) is 6.91. The van der Waals surface area contributed by atoms with E-state index in [-0.39, 0.29) is 35.7 Å². The van der Waals surface area contributed by atoms with Gasteiger partial charge in [-0.1, -0.05) is 24.3 Å². The summed E-state index contributed by atoms with van der Waals surface area (Å²) in [6, 6.07) is 14.3. The van der Waals surface area contributed by atoms with Gasteiger partial charge in [-0.3, -0.25) is 0 Å². The maximum atomic E-state index is 13.2. The van der Waals surface area contributed by atoms with Crippen LogP contribution in [0.4, 0.5) is 9.18 Å². The van der Waals surface area contributed by atoms with Crippen LogP contribution in [0.1, 0.15) is 41.2 Å². The van der Waals surface area contributed by atoms with Crippen molar-refractivity contribution in [1.82, 2.24) is 9.88 Å². The Morgan fingerprint density at radius 1 is 1.11 bits per heavy atom. The fourth-order valence-electron chi connectivity index (χ4n) is 4.94. The van der Waals surface area contributed by atoms with Gasteiger partial charge >= 0.3 is 12.1 Å². The molecule has 7 nitrogen and oxygen atoms in total. The maximum absolute atomic E-state index is 13.2. The predicted octanol–water partition coefficient (Wildman–Crippen LogP) is 5.70. The van der Waals surface area contributed by atoms with Gasteiger partial charge in [0.25, 0.3) is 0 Å². The van der Waals surface area contributed by atoms with Crippen molar-refractivity contribution in [2.75, 3.05) is 20.2 Å². The third kappa shape index (κ3) is 5.36. The summed E-state index contributed by atoms with van der Waals surface area (Å²) in [6.45, 7) is 1.34. The number of thiazole rings is 1. The van der Waals surface area contributed by atoms with Crippen molar-refractivity contribution in [2.45, 2.75) is 38.4 Å². The molecule has 2 fully saturated rings. The lowest BCUT2D eigenvalue weighted by molar-refractivity contribution is -0.0536. The molecule has 2 aromatic carbocycles. The Hall–Kier alpha value is -3.46. The fraction of sp³-hybridized carbons (Fsp3) is 0.370. The maximum Gasteiger partial charge on any atom is 0.410 e. The van der Waals surface area contributed by atoms with Crippen LogP contribution in [-0.4, -0.2) is 48.2 Å². The number of nitrogens with zero attached hydrogens (tertiary/aromatic N) is 2. The third-order valence-corrected chi connectivity index (χ3v) is 7.81. The molecule has 0 N–H and O–H groups in total. The molecule has 9 heteroatoms. The minimum absolute atomic E-state index is 0.0367. The van der Waals surface area contributed by atoms with Gasteiger partial charge < -0.3 is 19.1 Å². The van der Waals surface area contributed by atoms with Crippen LogP contribution in [0, 0.1) is 11.2 Å². The van der Waals surface area contributed by atoms with E-state index in [1.165, 1.54) is 30.6 Å². The molecule has 1 saturated heterocycles. The van der Waals surface area contributed by atoms with Crippen molar-refractivity contribution in [3.8, 4) is 16.9 Å². The predicted molar refractivity (Wildman–Crippen MR) is 132 cm³/mol. The number of amides is 1. The molecule has 0 atom stereocenters. The van der Waals surface area contributed by atoms with Crippen molar-refractivity contribution in [2.24, 2.45) is 5.41 Å². The van der Waals surface area contributed by atoms with Gasteiger partial charge in [0, 0.05) is 18.5 Å². The van der Waals surface area contributed by atoms with E-state index in [2.05, 4.69) is 9.72 Å². The minimum atomic E-state index is -0.506. The fourth-order valence-corrected chi connectivity index (χ4v) is 5.61. The standard InChI is InChI=1S/C27H27FN2O5S/c1-33-25(31)23-17-36-24(29-23)16-34-26(32)30-11-9-27(10-12-30)14-22(15-27)35-21-4-2-3-19(13-21)18-5-7-20(28)8-6-18/h2-8,13,17,22H,9-12,14-16H2,1H3. The molecule has 1 saturated carbocycles. The molecule has 1 spiro atoms. The lowest BCUT2D eigenvalue weighted by Crippen LogP contribution is -2.52. The van der Waals surface area contributed by atoms with Crippen LogP contribution in [0.5, 0.6) is 5.75 Å². The Balaban J connectivity index is 1.07. The first-order valence-electron chi connectivity index (χ1n) is 11.9. The molecular formula is C27H27FN2O5S. The normalized spacial score (nSPS) is 16.9. The highest BCUT2D eigenvalue weighted by atomic mass is 32.1. The van der Waals surface area contributed by atoms with Crippen molar-refractivity contribution < 1.29 is 28.2 Å². The van der Waals surface area contributed by atoms with E-state index in [0.717, 1.165) is 42.6 Å². The molecule has 1 aromatic heterocycles. The average Bonchev–Trinajstić information content (AvgIpc) is 3.36. The van der Waals surface area contributed by atoms with Crippen LogP contribution >= 0.6 is 11.3 Å². The topological polar surface area (TPSA) is 78.0 Å². The number of methoxy groups -OCH3 is 1. The summed E-state index contributed by atoms with van der Waals surface area (Å²) >= 11 is 1.26. The monoisotopic (exact) mass is 510 g/mol. The van der Waals surface area contributed by atoms with Gasteiger partial charge in [-0.15, -0.1) is 11.3 Å². The van der Waals surface area contributed by atoms with Gasteiger partial charge in [-0.2, -0.15) is 0 Å². The van der Waals surface area contributed by atoms with Gasteiger partial charge in [0.05, 0.1) is 13.2 Å². The van der Waals surface area contributed by atoms with Gasteiger partial charge in [-0.25, -0.2) is 19.0 Å². The molecule has 0 bridgehead atoms. The highest BCUT2D eigenvalue weighted by Crippen LogP contribution is 2.50. The van der Waals surface area contributed by atoms with E-state index in [1.54, 1.807) is 22.4 Å². The van der Waals surface area contributed by atoms with Crippen molar-refractivity contribution in [1.29, 1.82) is 0 Å². The molecule has 36 heavy (non-hydrogen) atoms. The lowest BCUT2D eigenvalue weighted by atomic mass is 9.61. The molecule has 1 aliphatic carbocycles. The molecule has 2 aliphatic rings. The first-order chi connectivity index (χ1) is 17.4. The molecule has 3 aromatic rings. The Labute approximate surface area is 212 Å². The Bertz CT molecular complexity index is 1230. The quantitative estimate of drug-likeness (QED) is 0.396. The van der Waals surface area contributed by atoms with E-state index in [0.29, 0.717) is 18.1 Å². The Morgan fingerprint density at radius 2 is 1.86 bits per heavy atom. The number of esters is 1. The molecule has 1 amide bonds. The highest BCUT2D eigenvalue weighted by Gasteiger charge is 2.47. The van der Waals surface area contributed by atoms with Crippen LogP contribution in [0.2, 0.25) is 0 Å². The molecule has 188 valence electrons. The zero-order valence-electron chi connectivity index (χ0n) is 19.9. The van der Waals surface area contributed by atoms with Gasteiger partial charge in [0.15, 0.2) is 5.69 Å². The number of piperidine rings is 1. The second-order valence-corrected chi connectivity index (χ2v) is 10.3. The molecule has 0 radical (unpaired) electrons. The molecule has 5 rings (SSSR count). The molecule has 1 aliphatic heterocycles. The number of carbonyl (C=O) groups excluding carboxylic acids is 2. The van der Waals surface area contributed by atoms with E-state index in [1.807, 2.05) is 24.3 Å². The number of hydrogen-bond acceptors (Lipinski definition) is 7. The summed E-state index contributed by atoms with van der Waals surface area (Å²) in [5.74, 6) is 0.0581. The Morgan fingerprint density at radius 3 is 2.58 bits per heavy atom. The number of halogens is 1. The van der Waals surface area contributed by atoms with Gasteiger partial charge in [0.2, 0.25) is 0 Å². The number of ether oxygens (including phenoxy) is 3. The van der Waals surface area contributed by atoms with Gasteiger partial charge in [-0.05, 0) is 66.5 Å². The first-order valence-corrected chi connectivity index (χ1v) is 12.8. The third-order valence-electron chi connectivity index (χ3n) is 6.98. The van der Waals surface area contributed by atoms with E-state index >= 15 is 0 Å². The first kappa shape index (κ1) is 24.2. The number of carbonyl (C=O) groups is 2. The summed E-state index contributed by atoms with van der Waals surface area (Å²) in [5, 5.41) is 2.15. The zero-order valence-corrected chi connectivity index (χ0v) is 20.8. The van der Waals surface area contributed by atoms with Gasteiger partial charge in [0.1, 0.15) is 23.2 Å². The van der Waals surface area contributed by atoms with Crippen LogP contribution in [0.25, 0.3) is 11.1 Å². The zero-order chi connectivity index (χ0) is 25.1. The second-order valence-electron chi connectivity index (χ2n) is 9.34.